The molecular weight excluding hydrogens is 160 g/mol. The lowest BCUT2D eigenvalue weighted by molar-refractivity contribution is -0.162. The monoisotopic (exact) mass is 172 g/mol. The molecule has 1 atom stereocenters. The molecule has 0 radical (unpaired) electrons. The topological polar surface area (TPSA) is 60.4 Å². The van der Waals surface area contributed by atoms with Crippen molar-refractivity contribution in [2.45, 2.75) is 27.2 Å². The molecule has 0 aromatic heterocycles. The molecule has 0 saturated carbocycles. The fourth-order valence-corrected chi connectivity index (χ4v) is 0.833. The van der Waals surface area contributed by atoms with Gasteiger partial charge in [0.1, 0.15) is 11.7 Å². The van der Waals surface area contributed by atoms with Gasteiger partial charge < -0.3 is 4.74 Å². The minimum absolute atomic E-state index is 0.274. The summed E-state index contributed by atoms with van der Waals surface area (Å²) in [4.78, 5) is 32.1. The van der Waals surface area contributed by atoms with Gasteiger partial charge >= 0.3 is 11.9 Å². The van der Waals surface area contributed by atoms with Crippen molar-refractivity contribution in [2.75, 3.05) is 0 Å². The summed E-state index contributed by atoms with van der Waals surface area (Å²) < 4.78 is 4.27. The third kappa shape index (κ3) is 3.27. The van der Waals surface area contributed by atoms with Crippen molar-refractivity contribution in [1.82, 2.24) is 0 Å². The number of ether oxygens (including phenoxy) is 1. The zero-order valence-corrected chi connectivity index (χ0v) is 7.42. The molecule has 4 nitrogen and oxygen atoms in total. The van der Waals surface area contributed by atoms with Crippen molar-refractivity contribution < 1.29 is 19.1 Å². The molecule has 0 N–H and O–H groups in total. The van der Waals surface area contributed by atoms with Gasteiger partial charge in [-0.15, -0.1) is 0 Å². The normalized spacial score (nSPS) is 11.9. The minimum atomic E-state index is -0.797. The zero-order chi connectivity index (χ0) is 9.72. The molecule has 0 aliphatic rings. The van der Waals surface area contributed by atoms with Crippen LogP contribution in [0.5, 0.6) is 0 Å². The summed E-state index contributed by atoms with van der Waals surface area (Å²) in [6.45, 7) is 4.12. The lowest BCUT2D eigenvalue weighted by atomic mass is 10.0. The molecule has 4 heteroatoms. The van der Waals surface area contributed by atoms with Crippen LogP contribution in [0.3, 0.4) is 0 Å². The highest BCUT2D eigenvalue weighted by molar-refractivity contribution is 6.00. The van der Waals surface area contributed by atoms with Crippen molar-refractivity contribution in [3.05, 3.63) is 0 Å². The summed E-state index contributed by atoms with van der Waals surface area (Å²) >= 11 is 0. The van der Waals surface area contributed by atoms with Crippen LogP contribution in [0, 0.1) is 5.92 Å². The van der Waals surface area contributed by atoms with Crippen LogP contribution in [0.25, 0.3) is 0 Å². The summed E-state index contributed by atoms with van der Waals surface area (Å²) in [5.74, 6) is -2.50. The predicted molar refractivity (Wildman–Crippen MR) is 41.2 cm³/mol. The molecule has 0 aliphatic heterocycles. The third-order valence-corrected chi connectivity index (χ3v) is 1.43. The second-order valence-corrected chi connectivity index (χ2v) is 2.48. The standard InChI is InChI=1S/C8H12O4/c1-4-7(5(2)9)8(11)12-6(3)10/h7H,4H2,1-3H3. The Kier molecular flexibility index (Phi) is 4.18. The van der Waals surface area contributed by atoms with E-state index >= 15 is 0 Å². The predicted octanol–water partition coefficient (Wildman–Crippen LogP) is 0.691. The van der Waals surface area contributed by atoms with Crippen LogP contribution >= 0.6 is 0 Å². The Bertz CT molecular complexity index is 207. The molecular formula is C8H12O4. The highest BCUT2D eigenvalue weighted by Crippen LogP contribution is 2.06. The fourth-order valence-electron chi connectivity index (χ4n) is 0.833. The quantitative estimate of drug-likeness (QED) is 0.464. The van der Waals surface area contributed by atoms with E-state index in [1.807, 2.05) is 0 Å². The van der Waals surface area contributed by atoms with E-state index in [1.165, 1.54) is 6.92 Å². The van der Waals surface area contributed by atoms with Crippen LogP contribution in [-0.2, 0) is 19.1 Å². The van der Waals surface area contributed by atoms with Crippen LogP contribution in [-0.4, -0.2) is 17.7 Å². The maximum atomic E-state index is 11.0. The number of Topliss-reactive ketones (excluding diaryl/α,β-unsaturated/α-hetero) is 1. The second kappa shape index (κ2) is 4.64. The van der Waals surface area contributed by atoms with Crippen LogP contribution < -0.4 is 0 Å². The van der Waals surface area contributed by atoms with Crippen LogP contribution in [0.1, 0.15) is 27.2 Å². The number of hydrogen-bond acceptors (Lipinski definition) is 4. The summed E-state index contributed by atoms with van der Waals surface area (Å²) in [6.07, 6.45) is 0.363. The van der Waals surface area contributed by atoms with Gasteiger partial charge in [-0.25, -0.2) is 0 Å². The summed E-state index contributed by atoms with van der Waals surface area (Å²) in [7, 11) is 0. The molecule has 0 aliphatic carbocycles. The Hall–Kier alpha value is -1.19. The first-order valence-electron chi connectivity index (χ1n) is 3.71. The van der Waals surface area contributed by atoms with Crippen molar-refractivity contribution >= 4 is 17.7 Å². The van der Waals surface area contributed by atoms with E-state index < -0.39 is 17.9 Å². The second-order valence-electron chi connectivity index (χ2n) is 2.48. The van der Waals surface area contributed by atoms with E-state index in [2.05, 4.69) is 4.74 Å². The van der Waals surface area contributed by atoms with E-state index in [0.717, 1.165) is 6.92 Å². The number of carbonyl (C=O) groups is 3. The Labute approximate surface area is 70.9 Å². The van der Waals surface area contributed by atoms with E-state index in [0.29, 0.717) is 6.42 Å². The maximum absolute atomic E-state index is 11.0. The lowest BCUT2D eigenvalue weighted by Gasteiger charge is -2.07. The fraction of sp³-hybridized carbons (Fsp3) is 0.625. The maximum Gasteiger partial charge on any atom is 0.324 e. The first kappa shape index (κ1) is 10.8. The highest BCUT2D eigenvalue weighted by Gasteiger charge is 2.23. The largest absolute Gasteiger partial charge is 0.393 e. The lowest BCUT2D eigenvalue weighted by Crippen LogP contribution is -2.25. The van der Waals surface area contributed by atoms with Gasteiger partial charge in [0.2, 0.25) is 0 Å². The molecule has 0 amide bonds. The van der Waals surface area contributed by atoms with Crippen molar-refractivity contribution in [1.29, 1.82) is 0 Å². The minimum Gasteiger partial charge on any atom is -0.393 e. The number of esters is 2. The van der Waals surface area contributed by atoms with Gasteiger partial charge in [0, 0.05) is 6.92 Å². The molecule has 0 aromatic carbocycles. The van der Waals surface area contributed by atoms with Gasteiger partial charge in [0.25, 0.3) is 0 Å². The zero-order valence-electron chi connectivity index (χ0n) is 7.42. The summed E-state index contributed by atoms with van der Waals surface area (Å²) in [6, 6.07) is 0. The molecule has 68 valence electrons. The Morgan fingerprint density at radius 2 is 1.75 bits per heavy atom. The molecule has 0 heterocycles. The van der Waals surface area contributed by atoms with E-state index in [4.69, 9.17) is 0 Å². The first-order chi connectivity index (χ1) is 5.49. The first-order valence-corrected chi connectivity index (χ1v) is 3.71. The average molecular weight is 172 g/mol. The molecule has 0 saturated heterocycles. The van der Waals surface area contributed by atoms with Gasteiger partial charge in [-0.2, -0.15) is 0 Å². The molecule has 0 aromatic rings. The highest BCUT2D eigenvalue weighted by atomic mass is 16.6. The summed E-state index contributed by atoms with van der Waals surface area (Å²) in [5, 5.41) is 0. The van der Waals surface area contributed by atoms with Gasteiger partial charge in [-0.1, -0.05) is 6.92 Å². The molecule has 12 heavy (non-hydrogen) atoms. The van der Waals surface area contributed by atoms with Gasteiger partial charge in [-0.05, 0) is 13.3 Å². The van der Waals surface area contributed by atoms with Gasteiger partial charge in [-0.3, -0.25) is 14.4 Å². The molecule has 1 unspecified atom stereocenters. The third-order valence-electron chi connectivity index (χ3n) is 1.43. The smallest absolute Gasteiger partial charge is 0.324 e. The SMILES string of the molecule is CCC(C(C)=O)C(=O)OC(C)=O. The number of hydrogen-bond donors (Lipinski definition) is 0. The average Bonchev–Trinajstić information content (AvgIpc) is 1.85. The van der Waals surface area contributed by atoms with Crippen LogP contribution in [0.2, 0.25) is 0 Å². The van der Waals surface area contributed by atoms with Gasteiger partial charge in [0.15, 0.2) is 0 Å². The molecule has 0 rings (SSSR count). The number of carbonyl (C=O) groups excluding carboxylic acids is 3. The molecule has 0 bridgehead atoms. The van der Waals surface area contributed by atoms with Crippen molar-refractivity contribution in [2.24, 2.45) is 5.92 Å². The van der Waals surface area contributed by atoms with E-state index in [-0.39, 0.29) is 5.78 Å². The Balaban J connectivity index is 4.22. The van der Waals surface area contributed by atoms with Gasteiger partial charge in [0.05, 0.1) is 0 Å². The Morgan fingerprint density at radius 1 is 1.25 bits per heavy atom. The van der Waals surface area contributed by atoms with E-state index in [9.17, 15) is 14.4 Å². The Morgan fingerprint density at radius 3 is 2.00 bits per heavy atom. The van der Waals surface area contributed by atoms with Crippen molar-refractivity contribution in [3.63, 3.8) is 0 Å². The van der Waals surface area contributed by atoms with Crippen molar-refractivity contribution in [3.8, 4) is 0 Å². The number of rotatable bonds is 3. The molecule has 0 fully saturated rings. The van der Waals surface area contributed by atoms with Crippen LogP contribution in [0.4, 0.5) is 0 Å². The number of ketones is 1. The summed E-state index contributed by atoms with van der Waals surface area (Å²) in [5.41, 5.74) is 0. The molecule has 0 spiro atoms. The van der Waals surface area contributed by atoms with E-state index in [1.54, 1.807) is 6.92 Å². The van der Waals surface area contributed by atoms with Crippen LogP contribution in [0.15, 0.2) is 0 Å².